The lowest BCUT2D eigenvalue weighted by atomic mass is 10.4. The highest BCUT2D eigenvalue weighted by molar-refractivity contribution is 5.72. The average Bonchev–Trinajstić information content (AvgIpc) is 2.39. The summed E-state index contributed by atoms with van der Waals surface area (Å²) in [5, 5.41) is 2.78. The molecule has 0 aromatic carbocycles. The molecule has 0 saturated carbocycles. The fraction of sp³-hybridized carbons (Fsp3) is 0.750. The number of hydrogen-bond acceptors (Lipinski definition) is 2. The molecule has 63 valence electrons. The summed E-state index contributed by atoms with van der Waals surface area (Å²) in [6, 6.07) is 0. The highest BCUT2D eigenvalue weighted by Crippen LogP contribution is 2.03. The van der Waals surface area contributed by atoms with Gasteiger partial charge in [-0.3, -0.25) is 4.79 Å². The van der Waals surface area contributed by atoms with Crippen LogP contribution in [0.3, 0.4) is 0 Å². The zero-order valence-electron chi connectivity index (χ0n) is 6.97. The van der Waals surface area contributed by atoms with Crippen LogP contribution in [0.5, 0.6) is 0 Å². The van der Waals surface area contributed by atoms with Gasteiger partial charge in [-0.15, -0.1) is 0 Å². The summed E-state index contributed by atoms with van der Waals surface area (Å²) in [6.45, 7) is 5.55. The molecule has 1 amide bonds. The van der Waals surface area contributed by atoms with Crippen molar-refractivity contribution in [2.24, 2.45) is 0 Å². The van der Waals surface area contributed by atoms with Gasteiger partial charge in [-0.1, -0.05) is 0 Å². The number of carbonyl (C=O) groups is 1. The summed E-state index contributed by atoms with van der Waals surface area (Å²) in [5.74, 6) is 0.0631. The number of nitrogens with one attached hydrogen (secondary N) is 1. The van der Waals surface area contributed by atoms with Crippen LogP contribution >= 0.6 is 0 Å². The van der Waals surface area contributed by atoms with Gasteiger partial charge in [0.15, 0.2) is 0 Å². The molecule has 11 heavy (non-hydrogen) atoms. The van der Waals surface area contributed by atoms with Gasteiger partial charge in [0.1, 0.15) is 0 Å². The first-order chi connectivity index (χ1) is 5.29. The molecular weight excluding hydrogens is 140 g/mol. The van der Waals surface area contributed by atoms with Crippen LogP contribution in [0.1, 0.15) is 13.3 Å². The fourth-order valence-corrected chi connectivity index (χ4v) is 1.23. The first-order valence-electron chi connectivity index (χ1n) is 4.07. The van der Waals surface area contributed by atoms with Crippen molar-refractivity contribution in [3.05, 3.63) is 6.42 Å². The standard InChI is InChI=1S/C8H15N2O/c1-8(11)9-4-7-10-5-2-3-6-10/h2H,3-7H2,1H3,(H,9,11). The van der Waals surface area contributed by atoms with Gasteiger partial charge in [-0.25, -0.2) is 0 Å². The van der Waals surface area contributed by atoms with Crippen LogP contribution in [0.15, 0.2) is 0 Å². The third-order valence-corrected chi connectivity index (χ3v) is 1.84. The Kier molecular flexibility index (Phi) is 3.36. The fourth-order valence-electron chi connectivity index (χ4n) is 1.23. The topological polar surface area (TPSA) is 32.3 Å². The lowest BCUT2D eigenvalue weighted by molar-refractivity contribution is -0.119. The Morgan fingerprint density at radius 1 is 1.73 bits per heavy atom. The molecule has 3 heteroatoms. The van der Waals surface area contributed by atoms with Crippen LogP contribution in [-0.4, -0.2) is 37.0 Å². The molecule has 0 aromatic rings. The third kappa shape index (κ3) is 3.37. The van der Waals surface area contributed by atoms with Gasteiger partial charge in [-0.2, -0.15) is 0 Å². The Morgan fingerprint density at radius 2 is 2.55 bits per heavy atom. The largest absolute Gasteiger partial charge is 0.355 e. The van der Waals surface area contributed by atoms with Crippen molar-refractivity contribution in [3.8, 4) is 0 Å². The number of hydrogen-bond donors (Lipinski definition) is 1. The molecule has 1 aliphatic rings. The zero-order chi connectivity index (χ0) is 8.10. The van der Waals surface area contributed by atoms with Gasteiger partial charge >= 0.3 is 0 Å². The molecular formula is C8H15N2O. The van der Waals surface area contributed by atoms with Gasteiger partial charge in [0.2, 0.25) is 5.91 Å². The van der Waals surface area contributed by atoms with E-state index in [1.54, 1.807) is 6.92 Å². The van der Waals surface area contributed by atoms with E-state index in [2.05, 4.69) is 16.6 Å². The maximum absolute atomic E-state index is 10.5. The SMILES string of the molecule is CC(=O)NCCN1C[CH]CC1. The van der Waals surface area contributed by atoms with Crippen LogP contribution in [0.25, 0.3) is 0 Å². The predicted molar refractivity (Wildman–Crippen MR) is 44.0 cm³/mol. The summed E-state index contributed by atoms with van der Waals surface area (Å²) < 4.78 is 0. The third-order valence-electron chi connectivity index (χ3n) is 1.84. The molecule has 1 rings (SSSR count). The quantitative estimate of drug-likeness (QED) is 0.623. The number of amides is 1. The monoisotopic (exact) mass is 155 g/mol. The lowest BCUT2D eigenvalue weighted by Gasteiger charge is -2.13. The van der Waals surface area contributed by atoms with Crippen LogP contribution < -0.4 is 5.32 Å². The zero-order valence-corrected chi connectivity index (χ0v) is 6.97. The Balaban J connectivity index is 1.98. The van der Waals surface area contributed by atoms with Crippen LogP contribution in [0, 0.1) is 6.42 Å². The van der Waals surface area contributed by atoms with Crippen LogP contribution in [-0.2, 0) is 4.79 Å². The number of likely N-dealkylation sites (tertiary alicyclic amines) is 1. The molecule has 1 fully saturated rings. The summed E-state index contributed by atoms with van der Waals surface area (Å²) in [5.41, 5.74) is 0. The average molecular weight is 155 g/mol. The summed E-state index contributed by atoms with van der Waals surface area (Å²) in [4.78, 5) is 12.8. The molecule has 0 aromatic heterocycles. The molecule has 0 spiro atoms. The number of nitrogens with zero attached hydrogens (tertiary/aromatic N) is 1. The highest BCUT2D eigenvalue weighted by atomic mass is 16.1. The molecule has 0 aliphatic carbocycles. The second-order valence-electron chi connectivity index (χ2n) is 2.86. The first-order valence-corrected chi connectivity index (χ1v) is 4.07. The summed E-state index contributed by atoms with van der Waals surface area (Å²) >= 11 is 0. The van der Waals surface area contributed by atoms with Gasteiger partial charge in [0.25, 0.3) is 0 Å². The molecule has 1 radical (unpaired) electrons. The number of carbonyl (C=O) groups excluding carboxylic acids is 1. The Morgan fingerprint density at radius 3 is 3.09 bits per heavy atom. The van der Waals surface area contributed by atoms with E-state index < -0.39 is 0 Å². The Hall–Kier alpha value is -0.570. The molecule has 3 nitrogen and oxygen atoms in total. The van der Waals surface area contributed by atoms with Crippen molar-refractivity contribution < 1.29 is 4.79 Å². The van der Waals surface area contributed by atoms with E-state index in [0.29, 0.717) is 0 Å². The van der Waals surface area contributed by atoms with Gasteiger partial charge in [0, 0.05) is 26.6 Å². The normalized spacial score (nSPS) is 18.6. The molecule has 0 bridgehead atoms. The first kappa shape index (κ1) is 8.53. The maximum Gasteiger partial charge on any atom is 0.216 e. The Labute approximate surface area is 67.8 Å². The minimum Gasteiger partial charge on any atom is -0.355 e. The van der Waals surface area contributed by atoms with Gasteiger partial charge in [-0.05, 0) is 19.4 Å². The van der Waals surface area contributed by atoms with Crippen molar-refractivity contribution >= 4 is 5.91 Å². The Bertz CT molecular complexity index is 130. The van der Waals surface area contributed by atoms with E-state index in [4.69, 9.17) is 0 Å². The second kappa shape index (κ2) is 4.34. The molecule has 1 N–H and O–H groups in total. The van der Waals surface area contributed by atoms with E-state index in [1.807, 2.05) is 0 Å². The maximum atomic E-state index is 10.5. The summed E-state index contributed by atoms with van der Waals surface area (Å²) in [6.07, 6.45) is 3.47. The van der Waals surface area contributed by atoms with E-state index >= 15 is 0 Å². The molecule has 1 heterocycles. The minimum absolute atomic E-state index is 0.0631. The summed E-state index contributed by atoms with van der Waals surface area (Å²) in [7, 11) is 0. The van der Waals surface area contributed by atoms with Crippen molar-refractivity contribution in [2.45, 2.75) is 13.3 Å². The van der Waals surface area contributed by atoms with E-state index in [1.165, 1.54) is 6.42 Å². The van der Waals surface area contributed by atoms with Crippen LogP contribution in [0.4, 0.5) is 0 Å². The molecule has 0 atom stereocenters. The lowest BCUT2D eigenvalue weighted by Crippen LogP contribution is -2.32. The molecule has 1 aliphatic heterocycles. The van der Waals surface area contributed by atoms with E-state index in [9.17, 15) is 4.79 Å². The van der Waals surface area contributed by atoms with Crippen LogP contribution in [0.2, 0.25) is 0 Å². The van der Waals surface area contributed by atoms with Crippen molar-refractivity contribution in [2.75, 3.05) is 26.2 Å². The van der Waals surface area contributed by atoms with E-state index in [-0.39, 0.29) is 5.91 Å². The smallest absolute Gasteiger partial charge is 0.216 e. The minimum atomic E-state index is 0.0631. The van der Waals surface area contributed by atoms with Crippen molar-refractivity contribution in [1.29, 1.82) is 0 Å². The predicted octanol–water partition coefficient (Wildman–Crippen LogP) is 0.0325. The van der Waals surface area contributed by atoms with Gasteiger partial charge < -0.3 is 10.2 Å². The highest BCUT2D eigenvalue weighted by Gasteiger charge is 2.10. The van der Waals surface area contributed by atoms with Crippen molar-refractivity contribution in [3.63, 3.8) is 0 Å². The second-order valence-corrected chi connectivity index (χ2v) is 2.86. The van der Waals surface area contributed by atoms with Crippen molar-refractivity contribution in [1.82, 2.24) is 10.2 Å². The van der Waals surface area contributed by atoms with E-state index in [0.717, 1.165) is 26.2 Å². The van der Waals surface area contributed by atoms with Gasteiger partial charge in [0.05, 0.1) is 0 Å². The number of rotatable bonds is 3. The molecule has 1 saturated heterocycles. The molecule has 0 unspecified atom stereocenters.